The standard InChI is InChI=1S/C25H26ClFN6O3.ClH/c26-20-14-16(27)4-9-19(20)23(34)31-17-5-7-18(8-6-17)32-25(36)22-21(29-15-30-22)24(35)28-10-13-33-11-2-1-3-12-33;/h4-9,14-15H,1-3,10-13H2,(H,28,35)(H,29,30)(H,31,34)(H,32,36);1H. The van der Waals surface area contributed by atoms with Crippen molar-refractivity contribution < 1.29 is 18.8 Å². The summed E-state index contributed by atoms with van der Waals surface area (Å²) in [6.45, 7) is 3.32. The Morgan fingerprint density at radius 1 is 0.946 bits per heavy atom. The second kappa shape index (κ2) is 13.2. The molecule has 1 aromatic heterocycles. The fraction of sp³-hybridized carbons (Fsp3) is 0.280. The van der Waals surface area contributed by atoms with E-state index in [0.717, 1.165) is 31.8 Å². The molecular weight excluding hydrogens is 522 g/mol. The molecule has 1 fully saturated rings. The third kappa shape index (κ3) is 7.51. The zero-order valence-electron chi connectivity index (χ0n) is 19.9. The zero-order valence-corrected chi connectivity index (χ0v) is 21.4. The normalized spacial score (nSPS) is 13.4. The largest absolute Gasteiger partial charge is 0.349 e. The molecule has 0 atom stereocenters. The van der Waals surface area contributed by atoms with Gasteiger partial charge in [-0.3, -0.25) is 14.4 Å². The van der Waals surface area contributed by atoms with Gasteiger partial charge in [0, 0.05) is 24.5 Å². The lowest BCUT2D eigenvalue weighted by atomic mass is 10.1. The summed E-state index contributed by atoms with van der Waals surface area (Å²) in [5.74, 6) is -1.98. The highest BCUT2D eigenvalue weighted by atomic mass is 35.5. The van der Waals surface area contributed by atoms with Gasteiger partial charge in [0.25, 0.3) is 17.7 Å². The average molecular weight is 549 g/mol. The molecule has 4 N–H and O–H groups in total. The van der Waals surface area contributed by atoms with Crippen molar-refractivity contribution in [2.45, 2.75) is 19.3 Å². The van der Waals surface area contributed by atoms with E-state index in [-0.39, 0.29) is 34.4 Å². The number of H-pyrrole nitrogens is 1. The minimum Gasteiger partial charge on any atom is -0.349 e. The quantitative estimate of drug-likeness (QED) is 0.333. The molecule has 1 aliphatic heterocycles. The Hall–Kier alpha value is -3.47. The number of benzene rings is 2. The molecule has 0 unspecified atom stereocenters. The number of likely N-dealkylation sites (tertiary alicyclic amines) is 1. The third-order valence-corrected chi connectivity index (χ3v) is 6.13. The highest BCUT2D eigenvalue weighted by molar-refractivity contribution is 6.34. The van der Waals surface area contributed by atoms with Crippen LogP contribution in [0.5, 0.6) is 0 Å². The van der Waals surface area contributed by atoms with Gasteiger partial charge in [0.2, 0.25) is 0 Å². The van der Waals surface area contributed by atoms with Crippen molar-refractivity contribution in [3.63, 3.8) is 0 Å². The SMILES string of the molecule is Cl.O=C(Nc1ccc(NC(=O)c2nc[nH]c2C(=O)NCCN2CCCCC2)cc1)c1ccc(F)cc1Cl. The molecule has 37 heavy (non-hydrogen) atoms. The summed E-state index contributed by atoms with van der Waals surface area (Å²) in [6, 6.07) is 9.86. The minimum absolute atomic E-state index is 0. The highest BCUT2D eigenvalue weighted by Crippen LogP contribution is 2.20. The summed E-state index contributed by atoms with van der Waals surface area (Å²) >= 11 is 5.93. The van der Waals surface area contributed by atoms with Gasteiger partial charge in [0.05, 0.1) is 16.9 Å². The molecule has 1 saturated heterocycles. The summed E-state index contributed by atoms with van der Waals surface area (Å²) in [7, 11) is 0. The van der Waals surface area contributed by atoms with Crippen molar-refractivity contribution in [2.75, 3.05) is 36.8 Å². The summed E-state index contributed by atoms with van der Waals surface area (Å²) in [5.41, 5.74) is 1.10. The van der Waals surface area contributed by atoms with Crippen LogP contribution in [0, 0.1) is 5.82 Å². The molecular formula is C25H27Cl2FN6O3. The summed E-state index contributed by atoms with van der Waals surface area (Å²) in [6.07, 6.45) is 4.90. The molecule has 0 bridgehead atoms. The van der Waals surface area contributed by atoms with Gasteiger partial charge in [0.15, 0.2) is 5.69 Å². The molecule has 4 rings (SSSR count). The number of aromatic amines is 1. The first-order valence-electron chi connectivity index (χ1n) is 11.6. The number of aromatic nitrogens is 2. The van der Waals surface area contributed by atoms with Crippen LogP contribution in [-0.4, -0.2) is 58.8 Å². The van der Waals surface area contributed by atoms with Gasteiger partial charge in [-0.2, -0.15) is 0 Å². The maximum Gasteiger partial charge on any atom is 0.276 e. The number of anilines is 2. The zero-order chi connectivity index (χ0) is 25.5. The number of carbonyl (C=O) groups is 3. The number of hydrogen-bond donors (Lipinski definition) is 4. The van der Waals surface area contributed by atoms with Crippen LogP contribution in [0.2, 0.25) is 5.02 Å². The fourth-order valence-corrected chi connectivity index (χ4v) is 4.19. The predicted molar refractivity (Wildman–Crippen MR) is 142 cm³/mol. The first-order chi connectivity index (χ1) is 17.4. The van der Waals surface area contributed by atoms with Gasteiger partial charge in [-0.1, -0.05) is 18.0 Å². The molecule has 1 aliphatic rings. The number of nitrogens with one attached hydrogen (secondary N) is 4. The van der Waals surface area contributed by atoms with E-state index in [1.807, 2.05) is 0 Å². The summed E-state index contributed by atoms with van der Waals surface area (Å²) in [4.78, 5) is 46.8. The van der Waals surface area contributed by atoms with E-state index in [1.54, 1.807) is 24.3 Å². The Morgan fingerprint density at radius 2 is 1.59 bits per heavy atom. The van der Waals surface area contributed by atoms with Gasteiger partial charge in [-0.05, 0) is 68.4 Å². The second-order valence-corrected chi connectivity index (χ2v) is 8.80. The molecule has 3 amide bonds. The van der Waals surface area contributed by atoms with Gasteiger partial charge >= 0.3 is 0 Å². The Morgan fingerprint density at radius 3 is 2.24 bits per heavy atom. The topological polar surface area (TPSA) is 119 Å². The molecule has 0 spiro atoms. The molecule has 3 aromatic rings. The van der Waals surface area contributed by atoms with Crippen LogP contribution in [0.3, 0.4) is 0 Å². The van der Waals surface area contributed by atoms with Crippen LogP contribution in [-0.2, 0) is 0 Å². The van der Waals surface area contributed by atoms with Gasteiger partial charge < -0.3 is 25.8 Å². The van der Waals surface area contributed by atoms with E-state index in [9.17, 15) is 18.8 Å². The van der Waals surface area contributed by atoms with E-state index in [0.29, 0.717) is 17.9 Å². The number of carbonyl (C=O) groups excluding carboxylic acids is 3. The van der Waals surface area contributed by atoms with Crippen LogP contribution < -0.4 is 16.0 Å². The highest BCUT2D eigenvalue weighted by Gasteiger charge is 2.21. The van der Waals surface area contributed by atoms with Gasteiger partial charge in [0.1, 0.15) is 11.5 Å². The number of halogens is 3. The molecule has 9 nitrogen and oxygen atoms in total. The number of hydrogen-bond acceptors (Lipinski definition) is 5. The van der Waals surface area contributed by atoms with Crippen molar-refractivity contribution in [2.24, 2.45) is 0 Å². The minimum atomic E-state index is -0.549. The molecule has 2 aromatic carbocycles. The lowest BCUT2D eigenvalue weighted by molar-refractivity contribution is 0.0929. The van der Waals surface area contributed by atoms with E-state index in [4.69, 9.17) is 11.6 Å². The van der Waals surface area contributed by atoms with Crippen LogP contribution in [0.1, 0.15) is 50.6 Å². The van der Waals surface area contributed by atoms with Gasteiger partial charge in [-0.15, -0.1) is 12.4 Å². The van der Waals surface area contributed by atoms with E-state index >= 15 is 0 Å². The number of imidazole rings is 1. The Kier molecular flexibility index (Phi) is 10.0. The molecule has 12 heteroatoms. The van der Waals surface area contributed by atoms with Crippen molar-refractivity contribution in [3.05, 3.63) is 76.6 Å². The lowest BCUT2D eigenvalue weighted by Crippen LogP contribution is -2.38. The number of nitrogens with zero attached hydrogens (tertiary/aromatic N) is 2. The van der Waals surface area contributed by atoms with Crippen LogP contribution in [0.25, 0.3) is 0 Å². The van der Waals surface area contributed by atoms with Gasteiger partial charge in [-0.25, -0.2) is 9.37 Å². The fourth-order valence-electron chi connectivity index (χ4n) is 3.94. The Labute approximate surface area is 224 Å². The Bertz CT molecular complexity index is 1250. The monoisotopic (exact) mass is 548 g/mol. The summed E-state index contributed by atoms with van der Waals surface area (Å²) in [5, 5.41) is 8.19. The maximum absolute atomic E-state index is 13.2. The van der Waals surface area contributed by atoms with Crippen molar-refractivity contribution in [1.82, 2.24) is 20.2 Å². The van der Waals surface area contributed by atoms with Crippen molar-refractivity contribution >= 4 is 53.1 Å². The lowest BCUT2D eigenvalue weighted by Gasteiger charge is -2.26. The van der Waals surface area contributed by atoms with E-state index < -0.39 is 23.5 Å². The third-order valence-electron chi connectivity index (χ3n) is 5.82. The first-order valence-corrected chi connectivity index (χ1v) is 12.0. The van der Waals surface area contributed by atoms with Crippen molar-refractivity contribution in [3.8, 4) is 0 Å². The smallest absolute Gasteiger partial charge is 0.276 e. The second-order valence-electron chi connectivity index (χ2n) is 8.39. The van der Waals surface area contributed by atoms with Crippen LogP contribution in [0.4, 0.5) is 15.8 Å². The molecule has 0 radical (unpaired) electrons. The Balaban J connectivity index is 0.00000380. The number of rotatable bonds is 8. The molecule has 0 saturated carbocycles. The number of amides is 3. The van der Waals surface area contributed by atoms with E-state index in [2.05, 4.69) is 30.8 Å². The molecule has 196 valence electrons. The van der Waals surface area contributed by atoms with E-state index in [1.165, 1.54) is 31.7 Å². The van der Waals surface area contributed by atoms with Crippen LogP contribution >= 0.6 is 24.0 Å². The average Bonchev–Trinajstić information content (AvgIpc) is 3.36. The molecule has 0 aliphatic carbocycles. The maximum atomic E-state index is 13.2. The summed E-state index contributed by atoms with van der Waals surface area (Å²) < 4.78 is 13.2. The van der Waals surface area contributed by atoms with Crippen LogP contribution in [0.15, 0.2) is 48.8 Å². The molecule has 2 heterocycles. The van der Waals surface area contributed by atoms with Crippen molar-refractivity contribution in [1.29, 1.82) is 0 Å². The number of piperidine rings is 1. The predicted octanol–water partition coefficient (Wildman–Crippen LogP) is 4.34. The first kappa shape index (κ1) is 28.1.